The number of aryl methyl sites for hydroxylation is 1. The lowest BCUT2D eigenvalue weighted by Gasteiger charge is -2.11. The molecule has 1 amide bonds. The van der Waals surface area contributed by atoms with Gasteiger partial charge in [0.15, 0.2) is 26.9 Å². The van der Waals surface area contributed by atoms with E-state index < -0.39 is 21.5 Å². The molecule has 0 saturated heterocycles. The average Bonchev–Trinajstić information content (AvgIpc) is 3.04. The standard InChI is InChI=1S/C21H24N2O7S/c1-4-29-17-8-5-14(11-19(17)28-3)13-22-20(24)9-10-31(26,27)15-6-7-16-18(12-15)30-21(25)23(16)2/h5-8,11-12H,4,9-10,13H2,1-3H3,(H,22,24). The third kappa shape index (κ3) is 5.08. The Morgan fingerprint density at radius 2 is 1.94 bits per heavy atom. The normalized spacial score (nSPS) is 11.5. The summed E-state index contributed by atoms with van der Waals surface area (Å²) in [5.41, 5.74) is 1.47. The van der Waals surface area contributed by atoms with Crippen LogP contribution in [0.25, 0.3) is 11.1 Å². The molecule has 166 valence electrons. The Morgan fingerprint density at radius 1 is 1.16 bits per heavy atom. The summed E-state index contributed by atoms with van der Waals surface area (Å²) in [4.78, 5) is 23.8. The summed E-state index contributed by atoms with van der Waals surface area (Å²) in [5.74, 6) is -0.177. The number of hydrogen-bond donors (Lipinski definition) is 1. The van der Waals surface area contributed by atoms with E-state index in [0.29, 0.717) is 23.6 Å². The van der Waals surface area contributed by atoms with Crippen LogP contribution in [0.5, 0.6) is 11.5 Å². The summed E-state index contributed by atoms with van der Waals surface area (Å²) in [7, 11) is -0.659. The minimum Gasteiger partial charge on any atom is -0.493 e. The van der Waals surface area contributed by atoms with Crippen molar-refractivity contribution in [1.29, 1.82) is 0 Å². The molecule has 0 atom stereocenters. The van der Waals surface area contributed by atoms with E-state index in [1.807, 2.05) is 6.92 Å². The molecule has 0 saturated carbocycles. The molecule has 0 bridgehead atoms. The summed E-state index contributed by atoms with van der Waals surface area (Å²) >= 11 is 0. The van der Waals surface area contributed by atoms with Gasteiger partial charge in [-0.05, 0) is 36.8 Å². The first kappa shape index (κ1) is 22.4. The second-order valence-corrected chi connectivity index (χ2v) is 8.93. The van der Waals surface area contributed by atoms with Gasteiger partial charge in [0.1, 0.15) is 0 Å². The number of benzene rings is 2. The van der Waals surface area contributed by atoms with Crippen LogP contribution in [0.2, 0.25) is 0 Å². The predicted octanol–water partition coefficient (Wildman–Crippen LogP) is 2.02. The van der Waals surface area contributed by atoms with E-state index in [-0.39, 0.29) is 29.2 Å². The molecule has 0 radical (unpaired) electrons. The SMILES string of the molecule is CCOc1ccc(CNC(=O)CCS(=O)(=O)c2ccc3c(c2)oc(=O)n3C)cc1OC. The first-order valence-corrected chi connectivity index (χ1v) is 11.3. The van der Waals surface area contributed by atoms with Gasteiger partial charge in [0, 0.05) is 26.1 Å². The summed E-state index contributed by atoms with van der Waals surface area (Å²) in [6.45, 7) is 2.60. The van der Waals surface area contributed by atoms with Crippen LogP contribution < -0.4 is 20.5 Å². The number of nitrogens with zero attached hydrogens (tertiary/aromatic N) is 1. The third-order valence-corrected chi connectivity index (χ3v) is 6.45. The molecule has 3 rings (SSSR count). The zero-order valence-corrected chi connectivity index (χ0v) is 18.3. The molecule has 2 aromatic carbocycles. The van der Waals surface area contributed by atoms with Gasteiger partial charge in [-0.25, -0.2) is 13.2 Å². The first-order chi connectivity index (χ1) is 14.7. The minimum absolute atomic E-state index is 0.00148. The Bertz CT molecular complexity index is 1260. The predicted molar refractivity (Wildman–Crippen MR) is 114 cm³/mol. The van der Waals surface area contributed by atoms with Crippen molar-refractivity contribution in [2.45, 2.75) is 24.8 Å². The van der Waals surface area contributed by atoms with Gasteiger partial charge < -0.3 is 19.2 Å². The van der Waals surface area contributed by atoms with Crippen LogP contribution in [-0.4, -0.2) is 38.4 Å². The molecule has 10 heteroatoms. The van der Waals surface area contributed by atoms with Gasteiger partial charge >= 0.3 is 5.76 Å². The van der Waals surface area contributed by atoms with E-state index in [9.17, 15) is 18.0 Å². The third-order valence-electron chi connectivity index (χ3n) is 4.74. The van der Waals surface area contributed by atoms with Crippen LogP contribution in [0.15, 0.2) is 50.5 Å². The molecular weight excluding hydrogens is 424 g/mol. The number of hydrogen-bond acceptors (Lipinski definition) is 7. The van der Waals surface area contributed by atoms with Crippen LogP contribution in [0.4, 0.5) is 0 Å². The highest BCUT2D eigenvalue weighted by molar-refractivity contribution is 7.91. The van der Waals surface area contributed by atoms with Gasteiger partial charge in [-0.2, -0.15) is 0 Å². The molecule has 1 N–H and O–H groups in total. The second kappa shape index (κ2) is 9.25. The summed E-state index contributed by atoms with van der Waals surface area (Å²) in [6, 6.07) is 9.52. The Morgan fingerprint density at radius 3 is 2.65 bits per heavy atom. The van der Waals surface area contributed by atoms with E-state index in [1.165, 1.54) is 36.9 Å². The van der Waals surface area contributed by atoms with Gasteiger partial charge in [0.25, 0.3) is 0 Å². The van der Waals surface area contributed by atoms with Gasteiger partial charge in [-0.15, -0.1) is 0 Å². The van der Waals surface area contributed by atoms with Crippen molar-refractivity contribution in [1.82, 2.24) is 9.88 Å². The van der Waals surface area contributed by atoms with Crippen molar-refractivity contribution in [3.05, 3.63) is 52.5 Å². The van der Waals surface area contributed by atoms with Gasteiger partial charge in [-0.3, -0.25) is 9.36 Å². The fourth-order valence-corrected chi connectivity index (χ4v) is 4.29. The lowest BCUT2D eigenvalue weighted by molar-refractivity contribution is -0.120. The lowest BCUT2D eigenvalue weighted by Crippen LogP contribution is -2.25. The van der Waals surface area contributed by atoms with Crippen LogP contribution in [-0.2, 0) is 28.2 Å². The molecule has 0 aliphatic heterocycles. The van der Waals surface area contributed by atoms with E-state index >= 15 is 0 Å². The van der Waals surface area contributed by atoms with Crippen molar-refractivity contribution in [3.8, 4) is 11.5 Å². The molecule has 1 aromatic heterocycles. The van der Waals surface area contributed by atoms with Crippen LogP contribution in [0, 0.1) is 0 Å². The quantitative estimate of drug-likeness (QED) is 0.532. The first-order valence-electron chi connectivity index (χ1n) is 9.64. The smallest absolute Gasteiger partial charge is 0.419 e. The van der Waals surface area contributed by atoms with E-state index in [4.69, 9.17) is 13.9 Å². The molecule has 0 spiro atoms. The van der Waals surface area contributed by atoms with Crippen LogP contribution >= 0.6 is 0 Å². The van der Waals surface area contributed by atoms with E-state index in [0.717, 1.165) is 5.56 Å². The summed E-state index contributed by atoms with van der Waals surface area (Å²) in [5, 5.41) is 2.70. The van der Waals surface area contributed by atoms with E-state index in [1.54, 1.807) is 18.2 Å². The highest BCUT2D eigenvalue weighted by atomic mass is 32.2. The molecule has 0 aliphatic rings. The Balaban J connectivity index is 1.60. The highest BCUT2D eigenvalue weighted by Gasteiger charge is 2.19. The number of sulfone groups is 1. The summed E-state index contributed by atoms with van der Waals surface area (Å²) < 4.78 is 42.2. The second-order valence-electron chi connectivity index (χ2n) is 6.82. The Kier molecular flexibility index (Phi) is 6.69. The van der Waals surface area contributed by atoms with Crippen molar-refractivity contribution >= 4 is 26.8 Å². The van der Waals surface area contributed by atoms with Gasteiger partial charge in [-0.1, -0.05) is 6.07 Å². The monoisotopic (exact) mass is 448 g/mol. The highest BCUT2D eigenvalue weighted by Crippen LogP contribution is 2.28. The molecule has 1 heterocycles. The largest absolute Gasteiger partial charge is 0.493 e. The van der Waals surface area contributed by atoms with Crippen molar-refractivity contribution in [2.75, 3.05) is 19.5 Å². The number of methoxy groups -OCH3 is 1. The number of aromatic nitrogens is 1. The Labute approximate surface area is 179 Å². The fraction of sp³-hybridized carbons (Fsp3) is 0.333. The zero-order chi connectivity index (χ0) is 22.6. The topological polar surface area (TPSA) is 117 Å². The number of ether oxygens (including phenoxy) is 2. The summed E-state index contributed by atoms with van der Waals surface area (Å²) in [6.07, 6.45) is -0.201. The average molecular weight is 448 g/mol. The van der Waals surface area contributed by atoms with Crippen molar-refractivity contribution in [2.24, 2.45) is 7.05 Å². The van der Waals surface area contributed by atoms with Crippen LogP contribution in [0.1, 0.15) is 18.9 Å². The maximum absolute atomic E-state index is 12.6. The molecule has 9 nitrogen and oxygen atoms in total. The molecule has 31 heavy (non-hydrogen) atoms. The van der Waals surface area contributed by atoms with Crippen LogP contribution in [0.3, 0.4) is 0 Å². The van der Waals surface area contributed by atoms with Gasteiger partial charge in [0.2, 0.25) is 5.91 Å². The molecule has 0 fully saturated rings. The minimum atomic E-state index is -3.72. The van der Waals surface area contributed by atoms with Crippen molar-refractivity contribution in [3.63, 3.8) is 0 Å². The maximum atomic E-state index is 12.6. The van der Waals surface area contributed by atoms with Gasteiger partial charge in [0.05, 0.1) is 29.9 Å². The molecule has 0 unspecified atom stereocenters. The number of amides is 1. The fourth-order valence-electron chi connectivity index (χ4n) is 3.04. The lowest BCUT2D eigenvalue weighted by atomic mass is 10.2. The van der Waals surface area contributed by atoms with E-state index in [2.05, 4.69) is 5.32 Å². The zero-order valence-electron chi connectivity index (χ0n) is 17.5. The number of nitrogens with one attached hydrogen (secondary N) is 1. The number of fused-ring (bicyclic) bond motifs is 1. The van der Waals surface area contributed by atoms with Crippen molar-refractivity contribution < 1.29 is 27.1 Å². The number of oxazole rings is 1. The molecule has 0 aliphatic carbocycles. The number of carbonyl (C=O) groups is 1. The molecular formula is C21H24N2O7S. The number of carbonyl (C=O) groups excluding carboxylic acids is 1. The number of rotatable bonds is 9. The maximum Gasteiger partial charge on any atom is 0.419 e. The molecule has 3 aromatic rings. The Hall–Kier alpha value is -3.27.